The number of nitrogens with one attached hydrogen (secondary N) is 1. The monoisotopic (exact) mass is 328 g/mol. The summed E-state index contributed by atoms with van der Waals surface area (Å²) in [4.78, 5) is 12.5. The first-order valence-electron chi connectivity index (χ1n) is 8.40. The number of phenolic OH excluding ortho intramolecular Hbond substituents is 1. The van der Waals surface area contributed by atoms with Crippen molar-refractivity contribution in [1.82, 2.24) is 9.88 Å². The lowest BCUT2D eigenvalue weighted by Gasteiger charge is -2.27. The average molecular weight is 328 g/mol. The van der Waals surface area contributed by atoms with Crippen LogP contribution in [0.15, 0.2) is 30.5 Å². The van der Waals surface area contributed by atoms with Crippen LogP contribution in [0, 0.1) is 0 Å². The van der Waals surface area contributed by atoms with Gasteiger partial charge in [-0.3, -0.25) is 4.79 Å². The summed E-state index contributed by atoms with van der Waals surface area (Å²) in [5, 5.41) is 13.1. The summed E-state index contributed by atoms with van der Waals surface area (Å²) < 4.78 is 7.17. The lowest BCUT2D eigenvalue weighted by atomic mass is 9.81. The summed E-state index contributed by atoms with van der Waals surface area (Å²) in [5.41, 5.74) is 2.68. The minimum Gasteiger partial charge on any atom is -0.504 e. The van der Waals surface area contributed by atoms with Gasteiger partial charge in [0, 0.05) is 25.5 Å². The van der Waals surface area contributed by atoms with Crippen molar-refractivity contribution in [3.63, 3.8) is 0 Å². The lowest BCUT2D eigenvalue weighted by Crippen LogP contribution is -2.27. The quantitative estimate of drug-likeness (QED) is 0.857. The van der Waals surface area contributed by atoms with Crippen molar-refractivity contribution in [3.05, 3.63) is 47.3 Å². The molecule has 1 fully saturated rings. The number of benzene rings is 1. The summed E-state index contributed by atoms with van der Waals surface area (Å²) in [6.45, 7) is 0.471. The van der Waals surface area contributed by atoms with E-state index in [1.165, 1.54) is 13.5 Å². The van der Waals surface area contributed by atoms with Crippen molar-refractivity contribution in [3.8, 4) is 11.5 Å². The van der Waals surface area contributed by atoms with Gasteiger partial charge in [0.05, 0.1) is 12.7 Å². The molecule has 0 unspecified atom stereocenters. The molecule has 1 amide bonds. The van der Waals surface area contributed by atoms with E-state index in [-0.39, 0.29) is 11.7 Å². The van der Waals surface area contributed by atoms with Crippen molar-refractivity contribution in [2.75, 3.05) is 13.7 Å². The molecule has 0 bridgehead atoms. The molecule has 0 spiro atoms. The normalized spacial score (nSPS) is 14.2. The zero-order valence-electron chi connectivity index (χ0n) is 14.2. The van der Waals surface area contributed by atoms with Gasteiger partial charge in [-0.15, -0.1) is 0 Å². The predicted molar refractivity (Wildman–Crippen MR) is 92.7 cm³/mol. The molecule has 1 aliphatic rings. The number of para-hydroxylation sites is 1. The Labute approximate surface area is 142 Å². The molecular weight excluding hydrogens is 304 g/mol. The Hall–Kier alpha value is -2.43. The maximum Gasteiger partial charge on any atom is 0.253 e. The molecule has 1 aromatic heterocycles. The molecule has 0 aliphatic heterocycles. The Morgan fingerprint density at radius 1 is 1.38 bits per heavy atom. The topological polar surface area (TPSA) is 63.5 Å². The lowest BCUT2D eigenvalue weighted by molar-refractivity contribution is 0.0951. The van der Waals surface area contributed by atoms with Crippen molar-refractivity contribution >= 4 is 5.91 Å². The molecule has 2 aromatic rings. The Kier molecular flexibility index (Phi) is 4.79. The van der Waals surface area contributed by atoms with E-state index >= 15 is 0 Å². The molecule has 24 heavy (non-hydrogen) atoms. The molecule has 0 radical (unpaired) electrons. The summed E-state index contributed by atoms with van der Waals surface area (Å²) >= 11 is 0. The molecule has 5 nitrogen and oxygen atoms in total. The third-order valence-corrected chi connectivity index (χ3v) is 4.84. The summed E-state index contributed by atoms with van der Waals surface area (Å²) in [7, 11) is 3.52. The Morgan fingerprint density at radius 2 is 2.17 bits per heavy atom. The maximum atomic E-state index is 12.5. The third-order valence-electron chi connectivity index (χ3n) is 4.84. The number of aryl methyl sites for hydroxylation is 1. The van der Waals surface area contributed by atoms with Gasteiger partial charge < -0.3 is 19.7 Å². The molecule has 5 heteroatoms. The van der Waals surface area contributed by atoms with Crippen LogP contribution >= 0.6 is 0 Å². The van der Waals surface area contributed by atoms with E-state index in [0.717, 1.165) is 29.7 Å². The molecule has 2 N–H and O–H groups in total. The largest absolute Gasteiger partial charge is 0.504 e. The number of ether oxygens (including phenoxy) is 1. The van der Waals surface area contributed by atoms with Crippen molar-refractivity contribution in [2.24, 2.45) is 7.05 Å². The molecule has 1 heterocycles. The van der Waals surface area contributed by atoms with Crippen LogP contribution in [0.3, 0.4) is 0 Å². The van der Waals surface area contributed by atoms with Gasteiger partial charge in [-0.1, -0.05) is 18.6 Å². The van der Waals surface area contributed by atoms with Crippen LogP contribution in [0.5, 0.6) is 11.5 Å². The van der Waals surface area contributed by atoms with Gasteiger partial charge in [-0.25, -0.2) is 0 Å². The first-order valence-corrected chi connectivity index (χ1v) is 8.40. The number of aromatic hydroxyl groups is 1. The van der Waals surface area contributed by atoms with E-state index in [9.17, 15) is 9.90 Å². The van der Waals surface area contributed by atoms with Crippen LogP contribution in [0.2, 0.25) is 0 Å². The predicted octanol–water partition coefficient (Wildman–Crippen LogP) is 2.98. The van der Waals surface area contributed by atoms with Crippen LogP contribution in [0.4, 0.5) is 0 Å². The van der Waals surface area contributed by atoms with Crippen LogP contribution in [-0.4, -0.2) is 29.2 Å². The molecule has 0 atom stereocenters. The second-order valence-corrected chi connectivity index (χ2v) is 6.33. The van der Waals surface area contributed by atoms with Gasteiger partial charge in [0.2, 0.25) is 0 Å². The van der Waals surface area contributed by atoms with E-state index in [4.69, 9.17) is 4.74 Å². The molecule has 128 valence electrons. The first kappa shape index (κ1) is 16.4. The molecule has 1 saturated carbocycles. The molecule has 1 aromatic carbocycles. The fraction of sp³-hybridized carbons (Fsp3) is 0.421. The minimum absolute atomic E-state index is 0.0418. The average Bonchev–Trinajstić information content (AvgIpc) is 2.89. The van der Waals surface area contributed by atoms with Gasteiger partial charge in [-0.2, -0.15) is 0 Å². The van der Waals surface area contributed by atoms with Crippen molar-refractivity contribution < 1.29 is 14.6 Å². The minimum atomic E-state index is -0.0418. The smallest absolute Gasteiger partial charge is 0.253 e. The summed E-state index contributed by atoms with van der Waals surface area (Å²) in [6, 6.07) is 7.28. The zero-order chi connectivity index (χ0) is 17.1. The fourth-order valence-electron chi connectivity index (χ4n) is 3.26. The summed E-state index contributed by atoms with van der Waals surface area (Å²) in [5.74, 6) is 1.06. The number of rotatable bonds is 6. The Morgan fingerprint density at radius 3 is 2.83 bits per heavy atom. The van der Waals surface area contributed by atoms with E-state index in [1.807, 2.05) is 31.4 Å². The van der Waals surface area contributed by atoms with Gasteiger partial charge in [-0.05, 0) is 42.9 Å². The van der Waals surface area contributed by atoms with Gasteiger partial charge in [0.25, 0.3) is 5.91 Å². The fourth-order valence-corrected chi connectivity index (χ4v) is 3.26. The number of hydrogen-bond acceptors (Lipinski definition) is 3. The maximum absolute atomic E-state index is 12.5. The number of amides is 1. The van der Waals surface area contributed by atoms with Crippen LogP contribution in [0.25, 0.3) is 0 Å². The highest BCUT2D eigenvalue weighted by molar-refractivity contribution is 5.95. The number of hydrogen-bond donors (Lipinski definition) is 2. The molecule has 1 aliphatic carbocycles. The third kappa shape index (κ3) is 3.11. The highest BCUT2D eigenvalue weighted by Gasteiger charge is 2.27. The Bertz CT molecular complexity index is 732. The van der Waals surface area contributed by atoms with Crippen LogP contribution in [0.1, 0.15) is 46.8 Å². The number of methoxy groups -OCH3 is 1. The number of phenols is 1. The highest BCUT2D eigenvalue weighted by Crippen LogP contribution is 2.38. The first-order chi connectivity index (χ1) is 11.6. The van der Waals surface area contributed by atoms with Crippen LogP contribution < -0.4 is 10.1 Å². The molecular formula is C19H24N2O3. The van der Waals surface area contributed by atoms with E-state index < -0.39 is 0 Å². The van der Waals surface area contributed by atoms with E-state index in [2.05, 4.69) is 9.88 Å². The molecule has 3 rings (SSSR count). The highest BCUT2D eigenvalue weighted by atomic mass is 16.5. The second kappa shape index (κ2) is 6.99. The van der Waals surface area contributed by atoms with E-state index in [1.54, 1.807) is 6.07 Å². The number of nitrogens with zero attached hydrogens (tertiary/aromatic N) is 1. The van der Waals surface area contributed by atoms with Crippen molar-refractivity contribution in [2.45, 2.75) is 31.6 Å². The number of aromatic nitrogens is 1. The standard InChI is InChI=1S/C19H24N2O3/c1-21-12-10-15(17(21)13-5-3-6-13)19(23)20-11-9-14-7-4-8-16(24-2)18(14)22/h4,7-8,10,12-13,22H,3,5-6,9,11H2,1-2H3,(H,20,23). The number of carbonyl (C=O) groups is 1. The number of carbonyl (C=O) groups excluding carboxylic acids is 1. The second-order valence-electron chi connectivity index (χ2n) is 6.33. The van der Waals surface area contributed by atoms with Crippen molar-refractivity contribution in [1.29, 1.82) is 0 Å². The zero-order valence-corrected chi connectivity index (χ0v) is 14.2. The molecule has 0 saturated heterocycles. The van der Waals surface area contributed by atoms with Crippen LogP contribution in [-0.2, 0) is 13.5 Å². The Balaban J connectivity index is 1.63. The summed E-state index contributed by atoms with van der Waals surface area (Å²) in [6.07, 6.45) is 6.08. The SMILES string of the molecule is COc1cccc(CCNC(=O)c2ccn(C)c2C2CCC2)c1O. The van der Waals surface area contributed by atoms with Gasteiger partial charge in [0.1, 0.15) is 0 Å². The van der Waals surface area contributed by atoms with E-state index in [0.29, 0.717) is 24.6 Å². The van der Waals surface area contributed by atoms with Gasteiger partial charge in [0.15, 0.2) is 11.5 Å². The van der Waals surface area contributed by atoms with Gasteiger partial charge >= 0.3 is 0 Å².